The van der Waals surface area contributed by atoms with Gasteiger partial charge in [-0.25, -0.2) is 0 Å². The minimum atomic E-state index is -0.256. The molecule has 7 heteroatoms. The lowest BCUT2D eigenvalue weighted by Crippen LogP contribution is -2.31. The summed E-state index contributed by atoms with van der Waals surface area (Å²) < 4.78 is 1.93. The minimum absolute atomic E-state index is 0.168. The summed E-state index contributed by atoms with van der Waals surface area (Å²) in [4.78, 5) is 27.7. The number of aromatic nitrogens is 3. The molecule has 1 aromatic heterocycles. The summed E-state index contributed by atoms with van der Waals surface area (Å²) in [6.45, 7) is 4.17. The molecule has 0 unspecified atom stereocenters. The van der Waals surface area contributed by atoms with Crippen molar-refractivity contribution in [1.82, 2.24) is 19.7 Å². The van der Waals surface area contributed by atoms with E-state index in [1.807, 2.05) is 71.0 Å². The van der Waals surface area contributed by atoms with Crippen LogP contribution in [0, 0.1) is 18.8 Å². The fourth-order valence-corrected chi connectivity index (χ4v) is 4.69. The van der Waals surface area contributed by atoms with Crippen LogP contribution >= 0.6 is 0 Å². The molecule has 2 amide bonds. The van der Waals surface area contributed by atoms with E-state index in [-0.39, 0.29) is 11.8 Å². The second kappa shape index (κ2) is 7.98. The molecule has 2 aliphatic rings. The van der Waals surface area contributed by atoms with E-state index in [1.165, 1.54) is 0 Å². The maximum absolute atomic E-state index is 12.9. The predicted octanol–water partition coefficient (Wildman–Crippen LogP) is 2.71. The van der Waals surface area contributed by atoms with Crippen LogP contribution < -0.4 is 5.32 Å². The summed E-state index contributed by atoms with van der Waals surface area (Å²) in [5.41, 5.74) is 2.96. The number of para-hydroxylation sites is 1. The molecule has 2 aliphatic heterocycles. The van der Waals surface area contributed by atoms with Crippen LogP contribution in [-0.2, 0) is 24.2 Å². The lowest BCUT2D eigenvalue weighted by molar-refractivity contribution is -0.129. The van der Waals surface area contributed by atoms with Crippen molar-refractivity contribution in [2.24, 2.45) is 11.8 Å². The first-order valence-corrected chi connectivity index (χ1v) is 10.7. The third-order valence-electron chi connectivity index (χ3n) is 6.46. The van der Waals surface area contributed by atoms with Gasteiger partial charge in [0.05, 0.1) is 6.42 Å². The Hall–Kier alpha value is -3.48. The van der Waals surface area contributed by atoms with Crippen molar-refractivity contribution < 1.29 is 9.59 Å². The Labute approximate surface area is 181 Å². The molecule has 7 nitrogen and oxygen atoms in total. The molecule has 31 heavy (non-hydrogen) atoms. The Kier molecular flexibility index (Phi) is 5.02. The Morgan fingerprint density at radius 1 is 0.968 bits per heavy atom. The van der Waals surface area contributed by atoms with Crippen LogP contribution in [-0.4, -0.2) is 44.6 Å². The van der Waals surface area contributed by atoms with Gasteiger partial charge in [0.2, 0.25) is 11.7 Å². The van der Waals surface area contributed by atoms with E-state index in [9.17, 15) is 9.59 Å². The van der Waals surface area contributed by atoms with Crippen molar-refractivity contribution in [1.29, 1.82) is 0 Å². The molecule has 2 atom stereocenters. The van der Waals surface area contributed by atoms with Crippen molar-refractivity contribution in [2.45, 2.75) is 26.3 Å². The Morgan fingerprint density at radius 2 is 1.71 bits per heavy atom. The predicted molar refractivity (Wildman–Crippen MR) is 117 cm³/mol. The van der Waals surface area contributed by atoms with E-state index >= 15 is 0 Å². The number of amides is 2. The third kappa shape index (κ3) is 3.83. The number of rotatable bonds is 4. The van der Waals surface area contributed by atoms with Crippen LogP contribution in [0.2, 0.25) is 0 Å². The highest BCUT2D eigenvalue weighted by Crippen LogP contribution is 2.33. The zero-order chi connectivity index (χ0) is 21.4. The molecule has 3 aromatic rings. The van der Waals surface area contributed by atoms with Crippen LogP contribution in [0.5, 0.6) is 0 Å². The maximum Gasteiger partial charge on any atom is 0.293 e. The quantitative estimate of drug-likeness (QED) is 0.711. The number of benzene rings is 2. The van der Waals surface area contributed by atoms with Crippen molar-refractivity contribution in [3.05, 3.63) is 77.4 Å². The highest BCUT2D eigenvalue weighted by molar-refractivity contribution is 6.01. The molecule has 1 saturated heterocycles. The highest BCUT2D eigenvalue weighted by atomic mass is 16.2. The topological polar surface area (TPSA) is 80.1 Å². The monoisotopic (exact) mass is 415 g/mol. The van der Waals surface area contributed by atoms with Crippen LogP contribution in [0.4, 0.5) is 5.69 Å². The largest absolute Gasteiger partial charge is 0.342 e. The van der Waals surface area contributed by atoms with E-state index in [0.29, 0.717) is 37.2 Å². The van der Waals surface area contributed by atoms with Crippen LogP contribution in [0.1, 0.15) is 27.6 Å². The second-order valence-electron chi connectivity index (χ2n) is 8.50. The fourth-order valence-electron chi connectivity index (χ4n) is 4.69. The van der Waals surface area contributed by atoms with Gasteiger partial charge in [0.25, 0.3) is 5.91 Å². The van der Waals surface area contributed by atoms with Crippen LogP contribution in [0.3, 0.4) is 0 Å². The number of nitrogens with zero attached hydrogens (tertiary/aromatic N) is 4. The number of carbonyl (C=O) groups is 2. The van der Waals surface area contributed by atoms with Gasteiger partial charge in [-0.3, -0.25) is 9.59 Å². The van der Waals surface area contributed by atoms with Crippen molar-refractivity contribution >= 4 is 17.5 Å². The van der Waals surface area contributed by atoms with Gasteiger partial charge in [-0.1, -0.05) is 42.5 Å². The average molecular weight is 415 g/mol. The van der Waals surface area contributed by atoms with Crippen LogP contribution in [0.25, 0.3) is 0 Å². The fraction of sp³-hybridized carbons (Fsp3) is 0.333. The zero-order valence-corrected chi connectivity index (χ0v) is 17.5. The number of anilines is 1. The summed E-state index contributed by atoms with van der Waals surface area (Å²) in [5.74, 6) is 1.75. The average Bonchev–Trinajstić information content (AvgIpc) is 3.38. The van der Waals surface area contributed by atoms with E-state index in [4.69, 9.17) is 0 Å². The molecule has 158 valence electrons. The summed E-state index contributed by atoms with van der Waals surface area (Å²) >= 11 is 0. The van der Waals surface area contributed by atoms with Gasteiger partial charge in [0, 0.05) is 31.7 Å². The van der Waals surface area contributed by atoms with Gasteiger partial charge >= 0.3 is 0 Å². The number of aryl methyl sites for hydroxylation is 1. The first kappa shape index (κ1) is 19.5. The molecule has 5 rings (SSSR count). The molecule has 0 bridgehead atoms. The first-order valence-electron chi connectivity index (χ1n) is 10.7. The first-order chi connectivity index (χ1) is 15.1. The van der Waals surface area contributed by atoms with Crippen molar-refractivity contribution in [3.63, 3.8) is 0 Å². The smallest absolute Gasteiger partial charge is 0.293 e. The minimum Gasteiger partial charge on any atom is -0.342 e. The summed E-state index contributed by atoms with van der Waals surface area (Å²) in [6.07, 6.45) is 1.17. The summed E-state index contributed by atoms with van der Waals surface area (Å²) in [7, 11) is 0. The van der Waals surface area contributed by atoms with Gasteiger partial charge in [0.1, 0.15) is 5.82 Å². The summed E-state index contributed by atoms with van der Waals surface area (Å²) in [5, 5.41) is 11.3. The number of likely N-dealkylation sites (tertiary alicyclic amines) is 1. The standard InChI is InChI=1S/C24H25N5O2/c1-16-7-5-6-8-17(16)12-22(30)28-13-18-11-21-26-27-23(29(21)15-19(18)14-28)24(31)25-20-9-3-2-4-10-20/h2-10,18-19H,11-15H2,1H3,(H,25,31)/t18-,19-/m0/s1. The molecule has 3 heterocycles. The molecule has 0 aliphatic carbocycles. The van der Waals surface area contributed by atoms with Crippen LogP contribution in [0.15, 0.2) is 54.6 Å². The molecule has 0 saturated carbocycles. The number of carbonyl (C=O) groups excluding carboxylic acids is 2. The highest BCUT2D eigenvalue weighted by Gasteiger charge is 2.40. The van der Waals surface area contributed by atoms with E-state index < -0.39 is 0 Å². The van der Waals surface area contributed by atoms with Gasteiger partial charge in [-0.2, -0.15) is 0 Å². The lowest BCUT2D eigenvalue weighted by atomic mass is 9.89. The molecule has 1 N–H and O–H groups in total. The zero-order valence-electron chi connectivity index (χ0n) is 17.5. The second-order valence-corrected chi connectivity index (χ2v) is 8.50. The van der Waals surface area contributed by atoms with Crippen molar-refractivity contribution in [3.8, 4) is 0 Å². The van der Waals surface area contributed by atoms with Gasteiger partial charge < -0.3 is 14.8 Å². The number of hydrogen-bond acceptors (Lipinski definition) is 4. The van der Waals surface area contributed by atoms with Gasteiger partial charge in [-0.05, 0) is 42.0 Å². The Balaban J connectivity index is 1.27. The van der Waals surface area contributed by atoms with E-state index in [1.54, 1.807) is 0 Å². The molecule has 1 fully saturated rings. The third-order valence-corrected chi connectivity index (χ3v) is 6.46. The lowest BCUT2D eigenvalue weighted by Gasteiger charge is -2.25. The van der Waals surface area contributed by atoms with Gasteiger partial charge in [0.15, 0.2) is 0 Å². The number of fused-ring (bicyclic) bond motifs is 2. The normalized spacial score (nSPS) is 19.6. The number of nitrogens with one attached hydrogen (secondary N) is 1. The molecule has 0 spiro atoms. The maximum atomic E-state index is 12.9. The molecule has 0 radical (unpaired) electrons. The van der Waals surface area contributed by atoms with Gasteiger partial charge in [-0.15, -0.1) is 10.2 Å². The van der Waals surface area contributed by atoms with E-state index in [0.717, 1.165) is 35.6 Å². The summed E-state index contributed by atoms with van der Waals surface area (Å²) in [6, 6.07) is 17.4. The Bertz CT molecular complexity index is 1120. The number of hydrogen-bond donors (Lipinski definition) is 1. The Morgan fingerprint density at radius 3 is 2.52 bits per heavy atom. The molecule has 2 aromatic carbocycles. The van der Waals surface area contributed by atoms with Crippen molar-refractivity contribution in [2.75, 3.05) is 18.4 Å². The SMILES string of the molecule is Cc1ccccc1CC(=O)N1C[C@@H]2Cc3nnc(C(=O)Nc4ccccc4)n3C[C@@H]2C1. The van der Waals surface area contributed by atoms with E-state index in [2.05, 4.69) is 15.5 Å². The molecular weight excluding hydrogens is 390 g/mol. The molecular formula is C24H25N5O2.